The molecule has 110 valence electrons. The molecule has 1 atom stereocenters. The molecule has 2 rings (SSSR count). The smallest absolute Gasteiger partial charge is 0.330 e. The van der Waals surface area contributed by atoms with Gasteiger partial charge in [-0.3, -0.25) is 9.36 Å². The number of hydrogen-bond donors (Lipinski definition) is 2. The van der Waals surface area contributed by atoms with E-state index in [9.17, 15) is 14.4 Å². The molecule has 21 heavy (non-hydrogen) atoms. The van der Waals surface area contributed by atoms with Gasteiger partial charge in [0.25, 0.3) is 5.91 Å². The Hall–Kier alpha value is -2.83. The van der Waals surface area contributed by atoms with E-state index < -0.39 is 17.9 Å². The first kappa shape index (κ1) is 14.6. The highest BCUT2D eigenvalue weighted by Gasteiger charge is 2.22. The van der Waals surface area contributed by atoms with Gasteiger partial charge in [0.05, 0.1) is 5.69 Å². The van der Waals surface area contributed by atoms with E-state index in [1.165, 1.54) is 24.7 Å². The molecular formula is C14H15N3O4. The molecule has 0 aliphatic carbocycles. The summed E-state index contributed by atoms with van der Waals surface area (Å²) in [7, 11) is 1.44. The first-order valence-electron chi connectivity index (χ1n) is 6.28. The van der Waals surface area contributed by atoms with Crippen LogP contribution >= 0.6 is 0 Å². The summed E-state index contributed by atoms with van der Waals surface area (Å²) in [6.45, 7) is 1.44. The van der Waals surface area contributed by atoms with Gasteiger partial charge in [-0.2, -0.15) is 0 Å². The Morgan fingerprint density at radius 1 is 1.29 bits per heavy atom. The quantitative estimate of drug-likeness (QED) is 0.866. The maximum atomic E-state index is 12.1. The lowest BCUT2D eigenvalue weighted by Gasteiger charge is -2.21. The highest BCUT2D eigenvalue weighted by Crippen LogP contribution is 2.11. The minimum Gasteiger partial charge on any atom is -0.480 e. The zero-order valence-electron chi connectivity index (χ0n) is 11.6. The molecule has 2 aromatic rings. The number of nitrogens with zero attached hydrogens (tertiary/aromatic N) is 2. The molecular weight excluding hydrogens is 274 g/mol. The van der Waals surface area contributed by atoms with E-state index in [-0.39, 0.29) is 5.69 Å². The van der Waals surface area contributed by atoms with Crippen LogP contribution in [-0.2, 0) is 4.79 Å². The van der Waals surface area contributed by atoms with E-state index in [1.807, 2.05) is 0 Å². The van der Waals surface area contributed by atoms with Crippen molar-refractivity contribution in [3.8, 4) is 5.69 Å². The minimum absolute atomic E-state index is 0.273. The number of aliphatic carboxylic acids is 1. The molecule has 0 spiro atoms. The molecule has 1 aromatic heterocycles. The van der Waals surface area contributed by atoms with Crippen molar-refractivity contribution >= 4 is 11.9 Å². The SMILES string of the molecule is CC(C(=O)O)N(C)C(=O)c1ccc(-n2cc[nH]c2=O)cc1. The molecule has 0 aliphatic rings. The van der Waals surface area contributed by atoms with Gasteiger partial charge in [-0.25, -0.2) is 9.59 Å². The summed E-state index contributed by atoms with van der Waals surface area (Å²) in [5, 5.41) is 8.91. The summed E-state index contributed by atoms with van der Waals surface area (Å²) in [6, 6.07) is 5.46. The normalized spacial score (nSPS) is 11.9. The molecule has 0 radical (unpaired) electrons. The predicted molar refractivity (Wildman–Crippen MR) is 75.6 cm³/mol. The van der Waals surface area contributed by atoms with E-state index in [4.69, 9.17) is 5.11 Å². The van der Waals surface area contributed by atoms with Crippen molar-refractivity contribution < 1.29 is 14.7 Å². The maximum absolute atomic E-state index is 12.1. The van der Waals surface area contributed by atoms with Gasteiger partial charge in [0.1, 0.15) is 6.04 Å². The fourth-order valence-electron chi connectivity index (χ4n) is 1.83. The lowest BCUT2D eigenvalue weighted by atomic mass is 10.1. The Morgan fingerprint density at radius 3 is 2.38 bits per heavy atom. The van der Waals surface area contributed by atoms with Crippen molar-refractivity contribution in [3.63, 3.8) is 0 Å². The number of amides is 1. The Bertz CT molecular complexity index is 714. The van der Waals surface area contributed by atoms with E-state index >= 15 is 0 Å². The molecule has 1 unspecified atom stereocenters. The first-order chi connectivity index (χ1) is 9.91. The number of likely N-dealkylation sites (N-methyl/N-ethyl adjacent to an activating group) is 1. The number of aromatic nitrogens is 2. The molecule has 0 saturated carbocycles. The van der Waals surface area contributed by atoms with Gasteiger partial charge in [-0.1, -0.05) is 0 Å². The summed E-state index contributed by atoms with van der Waals surface area (Å²) in [4.78, 5) is 38.2. The van der Waals surface area contributed by atoms with Crippen molar-refractivity contribution in [2.24, 2.45) is 0 Å². The average molecular weight is 289 g/mol. The number of benzene rings is 1. The van der Waals surface area contributed by atoms with Gasteiger partial charge in [-0.15, -0.1) is 0 Å². The molecule has 1 heterocycles. The van der Waals surface area contributed by atoms with Crippen LogP contribution < -0.4 is 5.69 Å². The van der Waals surface area contributed by atoms with Crippen LogP contribution in [0.3, 0.4) is 0 Å². The Labute approximate surface area is 120 Å². The summed E-state index contributed by atoms with van der Waals surface area (Å²) in [6.07, 6.45) is 3.10. The third kappa shape index (κ3) is 2.86. The van der Waals surface area contributed by atoms with Crippen molar-refractivity contribution in [2.75, 3.05) is 7.05 Å². The molecule has 7 nitrogen and oxygen atoms in total. The van der Waals surface area contributed by atoms with Crippen LogP contribution in [0.2, 0.25) is 0 Å². The number of rotatable bonds is 4. The van der Waals surface area contributed by atoms with Crippen molar-refractivity contribution in [1.82, 2.24) is 14.5 Å². The summed E-state index contributed by atoms with van der Waals surface area (Å²) >= 11 is 0. The first-order valence-corrected chi connectivity index (χ1v) is 6.28. The third-order valence-electron chi connectivity index (χ3n) is 3.30. The fourth-order valence-corrected chi connectivity index (χ4v) is 1.83. The Balaban J connectivity index is 2.23. The van der Waals surface area contributed by atoms with Gasteiger partial charge < -0.3 is 15.0 Å². The van der Waals surface area contributed by atoms with Crippen molar-refractivity contribution in [2.45, 2.75) is 13.0 Å². The van der Waals surface area contributed by atoms with Crippen LogP contribution in [-0.4, -0.2) is 44.5 Å². The highest BCUT2D eigenvalue weighted by atomic mass is 16.4. The Morgan fingerprint density at radius 2 is 1.90 bits per heavy atom. The standard InChI is InChI=1S/C14H15N3O4/c1-9(13(19)20)16(2)12(18)10-3-5-11(6-4-10)17-8-7-15-14(17)21/h3-9H,1-2H3,(H,15,21)(H,19,20). The number of carboxylic acids is 1. The second-order valence-electron chi connectivity index (χ2n) is 4.61. The molecule has 0 saturated heterocycles. The summed E-state index contributed by atoms with van der Waals surface area (Å²) in [5.74, 6) is -1.46. The highest BCUT2D eigenvalue weighted by molar-refractivity contribution is 5.96. The van der Waals surface area contributed by atoms with Gasteiger partial charge in [0.15, 0.2) is 0 Å². The third-order valence-corrected chi connectivity index (χ3v) is 3.30. The summed E-state index contributed by atoms with van der Waals surface area (Å²) in [5.41, 5.74) is 0.704. The van der Waals surface area contributed by atoms with Crippen LogP contribution in [0, 0.1) is 0 Å². The van der Waals surface area contributed by atoms with Gasteiger partial charge >= 0.3 is 11.7 Å². The lowest BCUT2D eigenvalue weighted by Crippen LogP contribution is -2.40. The van der Waals surface area contributed by atoms with E-state index in [0.717, 1.165) is 4.90 Å². The number of imidazole rings is 1. The molecule has 1 amide bonds. The van der Waals surface area contributed by atoms with E-state index in [2.05, 4.69) is 4.98 Å². The molecule has 0 aliphatic heterocycles. The number of carbonyl (C=O) groups excluding carboxylic acids is 1. The zero-order chi connectivity index (χ0) is 15.6. The Kier molecular flexibility index (Phi) is 3.93. The number of hydrogen-bond acceptors (Lipinski definition) is 3. The largest absolute Gasteiger partial charge is 0.480 e. The van der Waals surface area contributed by atoms with Gasteiger partial charge in [0.2, 0.25) is 0 Å². The minimum atomic E-state index is -1.07. The zero-order valence-corrected chi connectivity index (χ0v) is 11.6. The topological polar surface area (TPSA) is 95.4 Å². The summed E-state index contributed by atoms with van der Waals surface area (Å²) < 4.78 is 1.40. The monoisotopic (exact) mass is 289 g/mol. The molecule has 0 fully saturated rings. The molecule has 7 heteroatoms. The van der Waals surface area contributed by atoms with Crippen LogP contribution in [0.4, 0.5) is 0 Å². The second kappa shape index (κ2) is 5.66. The maximum Gasteiger partial charge on any atom is 0.330 e. The van der Waals surface area contributed by atoms with Crippen LogP contribution in [0.25, 0.3) is 5.69 Å². The van der Waals surface area contributed by atoms with Crippen LogP contribution in [0.1, 0.15) is 17.3 Å². The van der Waals surface area contributed by atoms with Crippen molar-refractivity contribution in [1.29, 1.82) is 0 Å². The van der Waals surface area contributed by atoms with E-state index in [1.54, 1.807) is 30.5 Å². The van der Waals surface area contributed by atoms with Crippen LogP contribution in [0.15, 0.2) is 41.5 Å². The number of H-pyrrole nitrogens is 1. The molecule has 2 N–H and O–H groups in total. The molecule has 0 bridgehead atoms. The van der Waals surface area contributed by atoms with E-state index in [0.29, 0.717) is 11.3 Å². The number of nitrogens with one attached hydrogen (secondary N) is 1. The molecule has 1 aromatic carbocycles. The average Bonchev–Trinajstić information content (AvgIpc) is 2.91. The van der Waals surface area contributed by atoms with Crippen molar-refractivity contribution in [3.05, 3.63) is 52.7 Å². The number of carbonyl (C=O) groups is 2. The van der Waals surface area contributed by atoms with Gasteiger partial charge in [0, 0.05) is 25.0 Å². The number of carboxylic acid groups (broad SMARTS) is 1. The van der Waals surface area contributed by atoms with Gasteiger partial charge in [-0.05, 0) is 31.2 Å². The lowest BCUT2D eigenvalue weighted by molar-refractivity contribution is -0.141. The predicted octanol–water partition coefficient (Wildman–Crippen LogP) is 0.711. The second-order valence-corrected chi connectivity index (χ2v) is 4.61. The number of aromatic amines is 1. The fraction of sp³-hybridized carbons (Fsp3) is 0.214. The van der Waals surface area contributed by atoms with Crippen LogP contribution in [0.5, 0.6) is 0 Å².